The number of hydrogen-bond acceptors (Lipinski definition) is 4. The summed E-state index contributed by atoms with van der Waals surface area (Å²) in [5.74, 6) is 2.53. The molecule has 0 aromatic carbocycles. The molecule has 1 aromatic rings. The lowest BCUT2D eigenvalue weighted by atomic mass is 10.0. The topological polar surface area (TPSA) is 49.8 Å². The van der Waals surface area contributed by atoms with Crippen molar-refractivity contribution in [2.24, 2.45) is 11.8 Å². The summed E-state index contributed by atoms with van der Waals surface area (Å²) in [7, 11) is 0. The van der Waals surface area contributed by atoms with Crippen LogP contribution in [0.1, 0.15) is 12.8 Å². The van der Waals surface area contributed by atoms with Crippen LogP contribution in [0.25, 0.3) is 0 Å². The lowest BCUT2D eigenvalue weighted by molar-refractivity contribution is 0.494. The van der Waals surface area contributed by atoms with Crippen molar-refractivity contribution in [3.05, 3.63) is 17.3 Å². The van der Waals surface area contributed by atoms with E-state index in [0.29, 0.717) is 11.2 Å². The fraction of sp³-hybridized carbons (Fsp3) is 0.636. The maximum atomic E-state index is 5.70. The monoisotopic (exact) mass is 238 g/mol. The van der Waals surface area contributed by atoms with E-state index in [-0.39, 0.29) is 0 Å². The van der Waals surface area contributed by atoms with Crippen LogP contribution >= 0.6 is 11.6 Å². The Bertz CT molecular complexity index is 355. The van der Waals surface area contributed by atoms with Gasteiger partial charge >= 0.3 is 0 Å². The van der Waals surface area contributed by atoms with Crippen LogP contribution in [-0.2, 0) is 0 Å². The predicted octanol–water partition coefficient (Wildman–Crippen LogP) is 1.54. The number of halogens is 1. The third kappa shape index (κ3) is 1.99. The molecule has 0 bridgehead atoms. The van der Waals surface area contributed by atoms with Crippen LogP contribution < -0.4 is 10.6 Å². The molecule has 0 radical (unpaired) electrons. The van der Waals surface area contributed by atoms with Gasteiger partial charge in [0.15, 0.2) is 5.15 Å². The first-order valence-corrected chi connectivity index (χ1v) is 6.15. The minimum Gasteiger partial charge on any atom is -0.366 e. The minimum atomic E-state index is 0.443. The second-order valence-corrected chi connectivity index (χ2v) is 5.12. The third-order valence-corrected chi connectivity index (χ3v) is 3.84. The highest BCUT2D eigenvalue weighted by atomic mass is 35.5. The zero-order chi connectivity index (χ0) is 11.0. The fourth-order valence-electron chi connectivity index (χ4n) is 2.89. The van der Waals surface area contributed by atoms with E-state index < -0.39 is 0 Å². The zero-order valence-corrected chi connectivity index (χ0v) is 9.74. The van der Waals surface area contributed by atoms with Gasteiger partial charge in [0.05, 0.1) is 0 Å². The van der Waals surface area contributed by atoms with Crippen molar-refractivity contribution >= 4 is 17.4 Å². The Morgan fingerprint density at radius 2 is 1.94 bits per heavy atom. The van der Waals surface area contributed by atoms with Crippen LogP contribution in [-0.4, -0.2) is 29.3 Å². The molecule has 1 saturated carbocycles. The minimum absolute atomic E-state index is 0.443. The molecular weight excluding hydrogens is 224 g/mol. The van der Waals surface area contributed by atoms with E-state index in [1.54, 1.807) is 6.07 Å². The fourth-order valence-corrected chi connectivity index (χ4v) is 2.99. The number of aromatic nitrogens is 2. The van der Waals surface area contributed by atoms with Crippen molar-refractivity contribution in [3.63, 3.8) is 0 Å². The van der Waals surface area contributed by atoms with E-state index in [1.165, 1.54) is 25.9 Å². The van der Waals surface area contributed by atoms with Gasteiger partial charge in [-0.15, -0.1) is 10.2 Å². The molecule has 5 heteroatoms. The van der Waals surface area contributed by atoms with Crippen molar-refractivity contribution < 1.29 is 0 Å². The van der Waals surface area contributed by atoms with Gasteiger partial charge in [0, 0.05) is 6.04 Å². The van der Waals surface area contributed by atoms with E-state index in [0.717, 1.165) is 17.7 Å². The highest BCUT2D eigenvalue weighted by Crippen LogP contribution is 2.35. The highest BCUT2D eigenvalue weighted by Gasteiger charge is 2.37. The lowest BCUT2D eigenvalue weighted by Crippen LogP contribution is -2.21. The Morgan fingerprint density at radius 1 is 1.19 bits per heavy atom. The molecule has 3 atom stereocenters. The van der Waals surface area contributed by atoms with Crippen molar-refractivity contribution in [2.75, 3.05) is 18.4 Å². The molecule has 1 aliphatic carbocycles. The van der Waals surface area contributed by atoms with Gasteiger partial charge in [-0.3, -0.25) is 0 Å². The summed E-state index contributed by atoms with van der Waals surface area (Å²) in [6, 6.07) is 4.21. The number of nitrogens with one attached hydrogen (secondary N) is 2. The van der Waals surface area contributed by atoms with Crippen LogP contribution in [0.5, 0.6) is 0 Å². The van der Waals surface area contributed by atoms with E-state index in [4.69, 9.17) is 11.6 Å². The van der Waals surface area contributed by atoms with Gasteiger partial charge in [0.2, 0.25) is 0 Å². The second kappa shape index (κ2) is 4.18. The summed E-state index contributed by atoms with van der Waals surface area (Å²) in [6.07, 6.45) is 2.48. The van der Waals surface area contributed by atoms with Crippen LogP contribution in [0, 0.1) is 11.8 Å². The Balaban J connectivity index is 1.62. The van der Waals surface area contributed by atoms with Gasteiger partial charge in [-0.2, -0.15) is 0 Å². The van der Waals surface area contributed by atoms with Crippen LogP contribution in [0.4, 0.5) is 5.82 Å². The molecule has 2 aliphatic rings. The van der Waals surface area contributed by atoms with Gasteiger partial charge in [0.25, 0.3) is 0 Å². The number of nitrogens with zero attached hydrogens (tertiary/aromatic N) is 2. The highest BCUT2D eigenvalue weighted by molar-refractivity contribution is 6.29. The molecule has 2 heterocycles. The average Bonchev–Trinajstić information content (AvgIpc) is 2.81. The first-order chi connectivity index (χ1) is 7.81. The number of rotatable bonds is 2. The molecule has 0 unspecified atom stereocenters. The maximum absolute atomic E-state index is 5.70. The normalized spacial score (nSPS) is 32.7. The summed E-state index contributed by atoms with van der Waals surface area (Å²) < 4.78 is 0. The molecule has 3 rings (SSSR count). The molecule has 4 nitrogen and oxygen atoms in total. The van der Waals surface area contributed by atoms with Gasteiger partial charge in [-0.25, -0.2) is 0 Å². The average molecular weight is 239 g/mol. The predicted molar refractivity (Wildman–Crippen MR) is 63.5 cm³/mol. The molecule has 1 saturated heterocycles. The molecular formula is C11H15ClN4. The first-order valence-electron chi connectivity index (χ1n) is 5.78. The van der Waals surface area contributed by atoms with Crippen molar-refractivity contribution in [3.8, 4) is 0 Å². The van der Waals surface area contributed by atoms with Gasteiger partial charge in [-0.1, -0.05) is 11.6 Å². The molecule has 16 heavy (non-hydrogen) atoms. The number of anilines is 1. The summed E-state index contributed by atoms with van der Waals surface area (Å²) in [4.78, 5) is 0. The quantitative estimate of drug-likeness (QED) is 0.821. The van der Waals surface area contributed by atoms with E-state index in [2.05, 4.69) is 20.8 Å². The molecule has 0 spiro atoms. The van der Waals surface area contributed by atoms with E-state index >= 15 is 0 Å². The standard InChI is InChI=1S/C11H15ClN4/c12-10-1-2-11(16-15-10)14-9-3-7-5-13-6-8(7)4-9/h1-2,7-9,13H,3-6H2,(H,14,16)/t7-,8+,9+. The molecule has 0 amide bonds. The van der Waals surface area contributed by atoms with Gasteiger partial charge in [0.1, 0.15) is 5.82 Å². The van der Waals surface area contributed by atoms with Crippen LogP contribution in [0.3, 0.4) is 0 Å². The maximum Gasteiger partial charge on any atom is 0.151 e. The Labute approximate surface area is 99.8 Å². The second-order valence-electron chi connectivity index (χ2n) is 4.73. The Morgan fingerprint density at radius 3 is 2.56 bits per heavy atom. The summed E-state index contributed by atoms with van der Waals surface area (Å²) in [5, 5.41) is 15.2. The van der Waals surface area contributed by atoms with Crippen LogP contribution in [0.15, 0.2) is 12.1 Å². The van der Waals surface area contributed by atoms with Crippen molar-refractivity contribution in [2.45, 2.75) is 18.9 Å². The molecule has 1 aliphatic heterocycles. The molecule has 86 valence electrons. The lowest BCUT2D eigenvalue weighted by Gasteiger charge is -2.13. The van der Waals surface area contributed by atoms with Crippen LogP contribution in [0.2, 0.25) is 5.15 Å². The zero-order valence-electron chi connectivity index (χ0n) is 8.99. The Hall–Kier alpha value is -0.870. The van der Waals surface area contributed by atoms with Crippen molar-refractivity contribution in [1.29, 1.82) is 0 Å². The molecule has 1 aromatic heterocycles. The summed E-state index contributed by atoms with van der Waals surface area (Å²) in [6.45, 7) is 2.35. The molecule has 2 N–H and O–H groups in total. The first kappa shape index (κ1) is 10.3. The number of fused-ring (bicyclic) bond motifs is 1. The third-order valence-electron chi connectivity index (χ3n) is 3.64. The Kier molecular flexibility index (Phi) is 2.69. The molecule has 2 fully saturated rings. The smallest absolute Gasteiger partial charge is 0.151 e. The van der Waals surface area contributed by atoms with E-state index in [9.17, 15) is 0 Å². The van der Waals surface area contributed by atoms with Crippen molar-refractivity contribution in [1.82, 2.24) is 15.5 Å². The summed E-state index contributed by atoms with van der Waals surface area (Å²) in [5.41, 5.74) is 0. The number of hydrogen-bond donors (Lipinski definition) is 2. The largest absolute Gasteiger partial charge is 0.366 e. The summed E-state index contributed by atoms with van der Waals surface area (Å²) >= 11 is 5.70. The van der Waals surface area contributed by atoms with Gasteiger partial charge in [-0.05, 0) is 49.9 Å². The van der Waals surface area contributed by atoms with Gasteiger partial charge < -0.3 is 10.6 Å². The SMILES string of the molecule is Clc1ccc(N[C@@H]2C[C@H]3CNC[C@H]3C2)nn1. The van der Waals surface area contributed by atoms with E-state index in [1.807, 2.05) is 6.07 Å².